The Morgan fingerprint density at radius 1 is 1.26 bits per heavy atom. The standard InChI is InChI=1S/C22H18Cl2N2O3S2/c1-29-17-4-2-3-14(11-17)12-19-21(28)26(22(30)31-19)10-9-25-20(27)8-6-15-5-7-16(23)13-18(15)24/h2-8,11-13H,9-10H2,1H3,(H,25,27)/b8-6+,19-12+. The van der Waals surface area contributed by atoms with Gasteiger partial charge >= 0.3 is 0 Å². The summed E-state index contributed by atoms with van der Waals surface area (Å²) in [4.78, 5) is 26.8. The lowest BCUT2D eigenvalue weighted by Gasteiger charge is -2.14. The van der Waals surface area contributed by atoms with E-state index in [1.54, 1.807) is 37.5 Å². The first-order valence-electron chi connectivity index (χ1n) is 9.18. The number of benzene rings is 2. The molecule has 0 atom stereocenters. The Hall–Kier alpha value is -2.32. The van der Waals surface area contributed by atoms with E-state index in [2.05, 4.69) is 5.32 Å². The number of carbonyl (C=O) groups excluding carboxylic acids is 2. The topological polar surface area (TPSA) is 58.6 Å². The average Bonchev–Trinajstić information content (AvgIpc) is 3.00. The molecule has 0 radical (unpaired) electrons. The molecule has 31 heavy (non-hydrogen) atoms. The summed E-state index contributed by atoms with van der Waals surface area (Å²) in [7, 11) is 1.59. The molecule has 2 aromatic carbocycles. The van der Waals surface area contributed by atoms with Crippen LogP contribution >= 0.6 is 47.2 Å². The highest BCUT2D eigenvalue weighted by molar-refractivity contribution is 8.26. The normalized spacial score (nSPS) is 15.2. The molecular formula is C22H18Cl2N2O3S2. The number of thioether (sulfide) groups is 1. The number of nitrogens with one attached hydrogen (secondary N) is 1. The first-order chi connectivity index (χ1) is 14.9. The van der Waals surface area contributed by atoms with E-state index in [-0.39, 0.29) is 24.9 Å². The summed E-state index contributed by atoms with van der Waals surface area (Å²) in [6, 6.07) is 12.4. The Kier molecular flexibility index (Phi) is 8.15. The monoisotopic (exact) mass is 492 g/mol. The highest BCUT2D eigenvalue weighted by Gasteiger charge is 2.31. The zero-order valence-electron chi connectivity index (χ0n) is 16.4. The number of rotatable bonds is 7. The largest absolute Gasteiger partial charge is 0.497 e. The molecule has 1 saturated heterocycles. The van der Waals surface area contributed by atoms with Gasteiger partial charge in [0.05, 0.1) is 12.0 Å². The molecule has 0 aliphatic carbocycles. The number of hydrogen-bond acceptors (Lipinski definition) is 5. The predicted molar refractivity (Wildman–Crippen MR) is 131 cm³/mol. The van der Waals surface area contributed by atoms with E-state index in [0.29, 0.717) is 30.6 Å². The zero-order valence-corrected chi connectivity index (χ0v) is 19.6. The summed E-state index contributed by atoms with van der Waals surface area (Å²) < 4.78 is 5.66. The van der Waals surface area contributed by atoms with Crippen LogP contribution in [0.25, 0.3) is 12.2 Å². The molecule has 0 bridgehead atoms. The summed E-state index contributed by atoms with van der Waals surface area (Å²) in [6.45, 7) is 0.539. The number of amides is 2. The second-order valence-electron chi connectivity index (χ2n) is 6.40. The molecule has 3 rings (SSSR count). The number of carbonyl (C=O) groups is 2. The number of hydrogen-bond donors (Lipinski definition) is 1. The van der Waals surface area contributed by atoms with E-state index in [1.807, 2.05) is 24.3 Å². The molecule has 5 nitrogen and oxygen atoms in total. The van der Waals surface area contributed by atoms with E-state index in [0.717, 1.165) is 5.56 Å². The van der Waals surface area contributed by atoms with Gasteiger partial charge < -0.3 is 10.1 Å². The van der Waals surface area contributed by atoms with Crippen molar-refractivity contribution in [2.45, 2.75) is 0 Å². The van der Waals surface area contributed by atoms with Crippen LogP contribution in [0.2, 0.25) is 10.0 Å². The summed E-state index contributed by atoms with van der Waals surface area (Å²) in [5.74, 6) is 0.221. The van der Waals surface area contributed by atoms with Crippen molar-refractivity contribution in [2.75, 3.05) is 20.2 Å². The molecule has 9 heteroatoms. The van der Waals surface area contributed by atoms with Crippen molar-refractivity contribution in [3.8, 4) is 5.75 Å². The molecular weight excluding hydrogens is 475 g/mol. The fraction of sp³-hybridized carbons (Fsp3) is 0.136. The minimum absolute atomic E-state index is 0.185. The Balaban J connectivity index is 1.55. The summed E-state index contributed by atoms with van der Waals surface area (Å²) in [6.07, 6.45) is 4.76. The van der Waals surface area contributed by atoms with E-state index < -0.39 is 0 Å². The minimum atomic E-state index is -0.302. The molecule has 1 fully saturated rings. The zero-order chi connectivity index (χ0) is 22.4. The third-order valence-electron chi connectivity index (χ3n) is 4.28. The van der Waals surface area contributed by atoms with Crippen LogP contribution in [0.15, 0.2) is 53.4 Å². The fourth-order valence-electron chi connectivity index (χ4n) is 2.73. The number of halogens is 2. The van der Waals surface area contributed by atoms with Crippen molar-refractivity contribution in [1.29, 1.82) is 0 Å². The van der Waals surface area contributed by atoms with Crippen LogP contribution in [0.4, 0.5) is 0 Å². The second-order valence-corrected chi connectivity index (χ2v) is 8.92. The molecule has 1 aliphatic rings. The molecule has 1 heterocycles. The van der Waals surface area contributed by atoms with Gasteiger partial charge in [-0.3, -0.25) is 14.5 Å². The maximum absolute atomic E-state index is 12.7. The highest BCUT2D eigenvalue weighted by atomic mass is 35.5. The maximum Gasteiger partial charge on any atom is 0.266 e. The summed E-state index contributed by atoms with van der Waals surface area (Å²) >= 11 is 18.5. The first kappa shape index (κ1) is 23.3. The van der Waals surface area contributed by atoms with Crippen molar-refractivity contribution in [1.82, 2.24) is 10.2 Å². The van der Waals surface area contributed by atoms with Crippen molar-refractivity contribution in [3.05, 3.63) is 74.6 Å². The summed E-state index contributed by atoms with van der Waals surface area (Å²) in [5, 5.41) is 3.72. The SMILES string of the molecule is COc1cccc(/C=C2/SC(=S)N(CCNC(=O)/C=C/c3ccc(Cl)cc3Cl)C2=O)c1. The maximum atomic E-state index is 12.7. The van der Waals surface area contributed by atoms with Crippen LogP contribution in [0.5, 0.6) is 5.75 Å². The van der Waals surface area contributed by atoms with Gasteiger partial charge in [-0.2, -0.15) is 0 Å². The second kappa shape index (κ2) is 10.8. The number of methoxy groups -OCH3 is 1. The van der Waals surface area contributed by atoms with Crippen LogP contribution < -0.4 is 10.1 Å². The number of thiocarbonyl (C=S) groups is 1. The molecule has 0 saturated carbocycles. The molecule has 0 spiro atoms. The Morgan fingerprint density at radius 3 is 2.81 bits per heavy atom. The molecule has 0 aromatic heterocycles. The van der Waals surface area contributed by atoms with Crippen LogP contribution in [-0.2, 0) is 9.59 Å². The van der Waals surface area contributed by atoms with Gasteiger partial charge in [0.1, 0.15) is 10.1 Å². The van der Waals surface area contributed by atoms with Crippen molar-refractivity contribution in [3.63, 3.8) is 0 Å². The molecule has 160 valence electrons. The molecule has 2 aromatic rings. The van der Waals surface area contributed by atoms with Gasteiger partial charge in [0, 0.05) is 29.2 Å². The Bertz CT molecular complexity index is 1090. The Morgan fingerprint density at radius 2 is 2.06 bits per heavy atom. The smallest absolute Gasteiger partial charge is 0.266 e. The molecule has 2 amide bonds. The van der Waals surface area contributed by atoms with Crippen LogP contribution in [0, 0.1) is 0 Å². The van der Waals surface area contributed by atoms with Gasteiger partial charge in [0.15, 0.2) is 0 Å². The van der Waals surface area contributed by atoms with E-state index in [4.69, 9.17) is 40.2 Å². The number of ether oxygens (including phenoxy) is 1. The lowest BCUT2D eigenvalue weighted by molar-refractivity contribution is -0.122. The van der Waals surface area contributed by atoms with E-state index in [1.165, 1.54) is 22.7 Å². The van der Waals surface area contributed by atoms with Gasteiger partial charge in [0.2, 0.25) is 5.91 Å². The van der Waals surface area contributed by atoms with Gasteiger partial charge in [-0.1, -0.05) is 65.4 Å². The van der Waals surface area contributed by atoms with Crippen LogP contribution in [0.3, 0.4) is 0 Å². The Labute approximate surface area is 200 Å². The molecule has 1 aliphatic heterocycles. The van der Waals surface area contributed by atoms with Gasteiger partial charge in [-0.25, -0.2) is 0 Å². The number of nitrogens with zero attached hydrogens (tertiary/aromatic N) is 1. The van der Waals surface area contributed by atoms with Crippen LogP contribution in [0.1, 0.15) is 11.1 Å². The van der Waals surface area contributed by atoms with Crippen LogP contribution in [-0.4, -0.2) is 41.2 Å². The fourth-order valence-corrected chi connectivity index (χ4v) is 4.51. The first-order valence-corrected chi connectivity index (χ1v) is 11.2. The minimum Gasteiger partial charge on any atom is -0.497 e. The lowest BCUT2D eigenvalue weighted by atomic mass is 10.2. The van der Waals surface area contributed by atoms with Crippen molar-refractivity contribution < 1.29 is 14.3 Å². The third-order valence-corrected chi connectivity index (χ3v) is 6.22. The predicted octanol–water partition coefficient (Wildman–Crippen LogP) is 5.03. The van der Waals surface area contributed by atoms with E-state index >= 15 is 0 Å². The van der Waals surface area contributed by atoms with Gasteiger partial charge in [-0.05, 0) is 47.5 Å². The molecule has 0 unspecified atom stereocenters. The summed E-state index contributed by atoms with van der Waals surface area (Å²) in [5.41, 5.74) is 1.53. The lowest BCUT2D eigenvalue weighted by Crippen LogP contribution is -2.36. The third kappa shape index (κ3) is 6.33. The van der Waals surface area contributed by atoms with Gasteiger partial charge in [-0.15, -0.1) is 0 Å². The van der Waals surface area contributed by atoms with Crippen molar-refractivity contribution >= 4 is 75.5 Å². The van der Waals surface area contributed by atoms with Gasteiger partial charge in [0.25, 0.3) is 5.91 Å². The quantitative estimate of drug-likeness (QED) is 0.433. The van der Waals surface area contributed by atoms with E-state index in [9.17, 15) is 9.59 Å². The average molecular weight is 493 g/mol. The highest BCUT2D eigenvalue weighted by Crippen LogP contribution is 2.32. The molecule has 1 N–H and O–H groups in total. The van der Waals surface area contributed by atoms with Crippen molar-refractivity contribution in [2.24, 2.45) is 0 Å².